The monoisotopic (exact) mass is 216 g/mol. The van der Waals surface area contributed by atoms with Crippen LogP contribution in [0.2, 0.25) is 0 Å². The predicted molar refractivity (Wildman–Crippen MR) is 56.7 cm³/mol. The van der Waals surface area contributed by atoms with Gasteiger partial charge in [0.1, 0.15) is 6.61 Å². The molecule has 1 aliphatic rings. The number of ether oxygens (including phenoxy) is 2. The minimum absolute atomic E-state index is 0.0594. The highest BCUT2D eigenvalue weighted by Gasteiger charge is 2.13. The quantitative estimate of drug-likeness (QED) is 0.589. The van der Waals surface area contributed by atoms with Crippen LogP contribution in [-0.4, -0.2) is 51.5 Å². The Bertz CT molecular complexity index is 182. The molecule has 1 amide bonds. The van der Waals surface area contributed by atoms with Crippen molar-refractivity contribution in [2.75, 3.05) is 39.5 Å². The first-order chi connectivity index (χ1) is 7.33. The second-order valence-electron chi connectivity index (χ2n) is 3.58. The Labute approximate surface area is 90.5 Å². The Morgan fingerprint density at radius 2 is 2.53 bits per heavy atom. The van der Waals surface area contributed by atoms with Crippen molar-refractivity contribution in [3.05, 3.63) is 0 Å². The van der Waals surface area contributed by atoms with Crippen molar-refractivity contribution in [3.8, 4) is 0 Å². The Morgan fingerprint density at radius 1 is 1.67 bits per heavy atom. The topological polar surface area (TPSA) is 59.6 Å². The minimum atomic E-state index is -0.0594. The van der Waals surface area contributed by atoms with Gasteiger partial charge in [-0.05, 0) is 6.42 Å². The van der Waals surface area contributed by atoms with Crippen molar-refractivity contribution in [1.29, 1.82) is 0 Å². The van der Waals surface area contributed by atoms with E-state index >= 15 is 0 Å². The van der Waals surface area contributed by atoms with Crippen LogP contribution in [0, 0.1) is 0 Å². The normalized spacial score (nSPS) is 21.3. The molecule has 88 valence electrons. The molecule has 1 heterocycles. The lowest BCUT2D eigenvalue weighted by atomic mass is 10.3. The van der Waals surface area contributed by atoms with Gasteiger partial charge in [0, 0.05) is 25.7 Å². The molecule has 0 aliphatic carbocycles. The van der Waals surface area contributed by atoms with Gasteiger partial charge in [0.25, 0.3) is 0 Å². The smallest absolute Gasteiger partial charge is 0.246 e. The van der Waals surface area contributed by atoms with Crippen LogP contribution in [0.1, 0.15) is 13.3 Å². The summed E-state index contributed by atoms with van der Waals surface area (Å²) in [5.41, 5.74) is 0. The van der Waals surface area contributed by atoms with Crippen molar-refractivity contribution in [2.24, 2.45) is 0 Å². The highest BCUT2D eigenvalue weighted by molar-refractivity contribution is 5.77. The molecule has 0 aromatic rings. The van der Waals surface area contributed by atoms with E-state index in [1.807, 2.05) is 6.92 Å². The molecule has 15 heavy (non-hydrogen) atoms. The molecule has 1 atom stereocenters. The molecule has 5 heteroatoms. The molecule has 1 unspecified atom stereocenters. The van der Waals surface area contributed by atoms with Gasteiger partial charge in [0.05, 0.1) is 13.2 Å². The average molecular weight is 216 g/mol. The number of hydrogen-bond donors (Lipinski definition) is 2. The van der Waals surface area contributed by atoms with Gasteiger partial charge in [-0.1, -0.05) is 6.92 Å². The molecular formula is C10H20N2O3. The Morgan fingerprint density at radius 3 is 3.20 bits per heavy atom. The standard InChI is InChI=1S/C10H20N2O3/c1-2-4-14-8-10(13)12-6-9-7-15-5-3-11-9/h9,11H,2-8H2,1H3,(H,12,13). The molecule has 2 N–H and O–H groups in total. The molecule has 1 aliphatic heterocycles. The van der Waals surface area contributed by atoms with E-state index in [-0.39, 0.29) is 18.6 Å². The van der Waals surface area contributed by atoms with Gasteiger partial charge in [0.2, 0.25) is 5.91 Å². The van der Waals surface area contributed by atoms with Crippen molar-refractivity contribution in [3.63, 3.8) is 0 Å². The maximum atomic E-state index is 11.3. The van der Waals surface area contributed by atoms with E-state index in [1.54, 1.807) is 0 Å². The van der Waals surface area contributed by atoms with Crippen LogP contribution in [0.15, 0.2) is 0 Å². The average Bonchev–Trinajstić information content (AvgIpc) is 2.28. The van der Waals surface area contributed by atoms with Crippen LogP contribution in [0.4, 0.5) is 0 Å². The first-order valence-electron chi connectivity index (χ1n) is 5.48. The van der Waals surface area contributed by atoms with Crippen molar-refractivity contribution < 1.29 is 14.3 Å². The van der Waals surface area contributed by atoms with Crippen LogP contribution in [0.5, 0.6) is 0 Å². The van der Waals surface area contributed by atoms with E-state index in [2.05, 4.69) is 10.6 Å². The summed E-state index contributed by atoms with van der Waals surface area (Å²) >= 11 is 0. The number of carbonyl (C=O) groups excluding carboxylic acids is 1. The molecule has 0 aromatic heterocycles. The summed E-state index contributed by atoms with van der Waals surface area (Å²) in [6, 6.07) is 0.230. The van der Waals surface area contributed by atoms with Crippen molar-refractivity contribution >= 4 is 5.91 Å². The van der Waals surface area contributed by atoms with E-state index in [4.69, 9.17) is 9.47 Å². The number of rotatable bonds is 6. The molecule has 0 saturated carbocycles. The molecule has 5 nitrogen and oxygen atoms in total. The Kier molecular flexibility index (Phi) is 6.31. The highest BCUT2D eigenvalue weighted by atomic mass is 16.5. The molecule has 0 aromatic carbocycles. The second kappa shape index (κ2) is 7.62. The molecule has 0 bridgehead atoms. The van der Waals surface area contributed by atoms with Gasteiger partial charge in [-0.3, -0.25) is 4.79 Å². The fourth-order valence-electron chi connectivity index (χ4n) is 1.35. The van der Waals surface area contributed by atoms with Crippen LogP contribution in [0.3, 0.4) is 0 Å². The molecule has 0 radical (unpaired) electrons. The lowest BCUT2D eigenvalue weighted by Gasteiger charge is -2.23. The number of nitrogens with one attached hydrogen (secondary N) is 2. The van der Waals surface area contributed by atoms with Gasteiger partial charge in [-0.15, -0.1) is 0 Å². The van der Waals surface area contributed by atoms with Gasteiger partial charge >= 0.3 is 0 Å². The highest BCUT2D eigenvalue weighted by Crippen LogP contribution is 1.91. The summed E-state index contributed by atoms with van der Waals surface area (Å²) in [6.45, 7) is 5.68. The maximum absolute atomic E-state index is 11.3. The summed E-state index contributed by atoms with van der Waals surface area (Å²) in [6.07, 6.45) is 0.936. The third-order valence-electron chi connectivity index (χ3n) is 2.13. The largest absolute Gasteiger partial charge is 0.378 e. The van der Waals surface area contributed by atoms with Crippen molar-refractivity contribution in [2.45, 2.75) is 19.4 Å². The third-order valence-corrected chi connectivity index (χ3v) is 2.13. The van der Waals surface area contributed by atoms with Crippen LogP contribution < -0.4 is 10.6 Å². The summed E-state index contributed by atoms with van der Waals surface area (Å²) in [5, 5.41) is 6.07. The zero-order valence-electron chi connectivity index (χ0n) is 9.25. The van der Waals surface area contributed by atoms with Crippen molar-refractivity contribution in [1.82, 2.24) is 10.6 Å². The Balaban J connectivity index is 2.00. The summed E-state index contributed by atoms with van der Waals surface area (Å²) in [5.74, 6) is -0.0594. The maximum Gasteiger partial charge on any atom is 0.246 e. The number of carbonyl (C=O) groups is 1. The van der Waals surface area contributed by atoms with E-state index in [0.717, 1.165) is 19.6 Å². The van der Waals surface area contributed by atoms with E-state index < -0.39 is 0 Å². The summed E-state index contributed by atoms with van der Waals surface area (Å²) in [7, 11) is 0. The van der Waals surface area contributed by atoms with E-state index in [1.165, 1.54) is 0 Å². The van der Waals surface area contributed by atoms with Gasteiger partial charge in [0.15, 0.2) is 0 Å². The molecule has 0 spiro atoms. The van der Waals surface area contributed by atoms with Gasteiger partial charge in [-0.25, -0.2) is 0 Å². The molecular weight excluding hydrogens is 196 g/mol. The number of hydrogen-bond acceptors (Lipinski definition) is 4. The summed E-state index contributed by atoms with van der Waals surface area (Å²) < 4.78 is 10.4. The third kappa shape index (κ3) is 5.71. The summed E-state index contributed by atoms with van der Waals surface area (Å²) in [4.78, 5) is 11.3. The molecule has 1 saturated heterocycles. The lowest BCUT2D eigenvalue weighted by Crippen LogP contribution is -2.48. The Hall–Kier alpha value is -0.650. The zero-order valence-corrected chi connectivity index (χ0v) is 9.25. The number of morpholine rings is 1. The molecule has 1 rings (SSSR count). The second-order valence-corrected chi connectivity index (χ2v) is 3.58. The van der Waals surface area contributed by atoms with Gasteiger partial charge in [-0.2, -0.15) is 0 Å². The number of amides is 1. The van der Waals surface area contributed by atoms with E-state index in [9.17, 15) is 4.79 Å². The minimum Gasteiger partial charge on any atom is -0.378 e. The van der Waals surface area contributed by atoms with Crippen LogP contribution in [-0.2, 0) is 14.3 Å². The van der Waals surface area contributed by atoms with Gasteiger partial charge < -0.3 is 20.1 Å². The van der Waals surface area contributed by atoms with Crippen LogP contribution in [0.25, 0.3) is 0 Å². The fraction of sp³-hybridized carbons (Fsp3) is 0.900. The first-order valence-corrected chi connectivity index (χ1v) is 5.48. The zero-order chi connectivity index (χ0) is 10.9. The van der Waals surface area contributed by atoms with Crippen LogP contribution >= 0.6 is 0 Å². The first kappa shape index (κ1) is 12.4. The fourth-order valence-corrected chi connectivity index (χ4v) is 1.35. The SMILES string of the molecule is CCCOCC(=O)NCC1COCCN1. The lowest BCUT2D eigenvalue weighted by molar-refractivity contribution is -0.125. The van der Waals surface area contributed by atoms with E-state index in [0.29, 0.717) is 19.8 Å². The predicted octanol–water partition coefficient (Wildman–Crippen LogP) is -0.482. The molecule has 1 fully saturated rings.